The molecule has 8 heteroatoms. The maximum absolute atomic E-state index is 10.8. The Bertz CT molecular complexity index is 959. The fourth-order valence-electron chi connectivity index (χ4n) is 2.66. The lowest BCUT2D eigenvalue weighted by atomic mass is 10.2. The highest BCUT2D eigenvalue weighted by Crippen LogP contribution is 2.21. The summed E-state index contributed by atoms with van der Waals surface area (Å²) in [5.41, 5.74) is 2.64. The first-order valence-electron chi connectivity index (χ1n) is 9.10. The number of nitrogens with zero attached hydrogens (tertiary/aromatic N) is 3. The summed E-state index contributed by atoms with van der Waals surface area (Å²) in [6.45, 7) is 3.54. The summed E-state index contributed by atoms with van der Waals surface area (Å²) >= 11 is 0. The van der Waals surface area contributed by atoms with Crippen molar-refractivity contribution in [2.24, 2.45) is 0 Å². The number of methoxy groups -OCH3 is 1. The van der Waals surface area contributed by atoms with Crippen molar-refractivity contribution in [3.63, 3.8) is 0 Å². The average Bonchev–Trinajstić information content (AvgIpc) is 2.73. The van der Waals surface area contributed by atoms with E-state index in [1.807, 2.05) is 37.3 Å². The number of nitrogens with one attached hydrogen (secondary N) is 1. The van der Waals surface area contributed by atoms with E-state index in [9.17, 15) is 10.1 Å². The van der Waals surface area contributed by atoms with Crippen molar-refractivity contribution in [3.8, 4) is 17.1 Å². The van der Waals surface area contributed by atoms with Gasteiger partial charge in [0.2, 0.25) is 0 Å². The molecule has 0 atom stereocenters. The number of anilines is 1. The molecule has 0 unspecified atom stereocenters. The van der Waals surface area contributed by atoms with Crippen LogP contribution in [0.5, 0.6) is 5.75 Å². The summed E-state index contributed by atoms with van der Waals surface area (Å²) in [5, 5.41) is 14.1. The molecule has 0 saturated heterocycles. The molecule has 3 rings (SSSR count). The molecule has 29 heavy (non-hydrogen) atoms. The number of benzene rings is 2. The van der Waals surface area contributed by atoms with Gasteiger partial charge in [-0.2, -0.15) is 0 Å². The van der Waals surface area contributed by atoms with Crippen molar-refractivity contribution in [1.29, 1.82) is 0 Å². The average molecular weight is 394 g/mol. The smallest absolute Gasteiger partial charge is 0.269 e. The number of aryl methyl sites for hydroxylation is 1. The molecule has 1 N–H and O–H groups in total. The highest BCUT2D eigenvalue weighted by atomic mass is 16.6. The monoisotopic (exact) mass is 394 g/mol. The van der Waals surface area contributed by atoms with Crippen molar-refractivity contribution in [2.75, 3.05) is 25.6 Å². The Morgan fingerprint density at radius 3 is 2.41 bits per heavy atom. The number of nitro groups is 1. The van der Waals surface area contributed by atoms with Gasteiger partial charge in [0.1, 0.15) is 18.2 Å². The Morgan fingerprint density at radius 1 is 1.03 bits per heavy atom. The molecule has 1 aromatic heterocycles. The molecule has 0 bridgehead atoms. The lowest BCUT2D eigenvalue weighted by Gasteiger charge is -2.10. The van der Waals surface area contributed by atoms with E-state index in [0.717, 1.165) is 22.6 Å². The topological polar surface area (TPSA) is 99.4 Å². The second-order valence-corrected chi connectivity index (χ2v) is 6.36. The minimum Gasteiger partial charge on any atom is -0.491 e. The summed E-state index contributed by atoms with van der Waals surface area (Å²) in [7, 11) is 1.64. The quantitative estimate of drug-likeness (QED) is 0.333. The summed E-state index contributed by atoms with van der Waals surface area (Å²) in [5.74, 6) is 2.00. The molecule has 150 valence electrons. The maximum atomic E-state index is 10.8. The molecule has 0 radical (unpaired) electrons. The zero-order chi connectivity index (χ0) is 20.6. The van der Waals surface area contributed by atoms with Crippen LogP contribution in [0.15, 0.2) is 54.6 Å². The molecule has 0 aliphatic rings. The Hall–Kier alpha value is -3.52. The Kier molecular flexibility index (Phi) is 6.70. The van der Waals surface area contributed by atoms with Gasteiger partial charge in [0.15, 0.2) is 5.82 Å². The lowest BCUT2D eigenvalue weighted by molar-refractivity contribution is -0.384. The second-order valence-electron chi connectivity index (χ2n) is 6.36. The van der Waals surface area contributed by atoms with Gasteiger partial charge in [-0.15, -0.1) is 0 Å². The predicted octanol–water partition coefficient (Wildman–Crippen LogP) is 4.00. The molecule has 0 saturated carbocycles. The molecule has 1 heterocycles. The van der Waals surface area contributed by atoms with Gasteiger partial charge in [-0.3, -0.25) is 10.1 Å². The van der Waals surface area contributed by atoms with Crippen LogP contribution in [-0.4, -0.2) is 35.2 Å². The van der Waals surface area contributed by atoms with Crippen LogP contribution in [0.1, 0.15) is 11.3 Å². The number of hydrogen-bond acceptors (Lipinski definition) is 7. The van der Waals surface area contributed by atoms with Crippen LogP contribution in [0.4, 0.5) is 11.5 Å². The van der Waals surface area contributed by atoms with Crippen molar-refractivity contribution < 1.29 is 14.4 Å². The van der Waals surface area contributed by atoms with Gasteiger partial charge in [0.25, 0.3) is 5.69 Å². The third kappa shape index (κ3) is 5.73. The molecule has 0 amide bonds. The highest BCUT2D eigenvalue weighted by Gasteiger charge is 2.09. The fourth-order valence-corrected chi connectivity index (χ4v) is 2.66. The Labute approximate surface area is 168 Å². The van der Waals surface area contributed by atoms with Crippen molar-refractivity contribution in [1.82, 2.24) is 9.97 Å². The van der Waals surface area contributed by atoms with Crippen LogP contribution >= 0.6 is 0 Å². The van der Waals surface area contributed by atoms with Gasteiger partial charge in [0, 0.05) is 43.1 Å². The van der Waals surface area contributed by atoms with E-state index in [1.165, 1.54) is 12.1 Å². The van der Waals surface area contributed by atoms with Gasteiger partial charge >= 0.3 is 0 Å². The standard InChI is InChI=1S/C21H22N4O4/c1-15-13-20(22-14-16-3-9-19(10-4-16)29-12-11-28-2)24-21(23-15)17-5-7-18(8-6-17)25(26)27/h3-10,13H,11-12,14H2,1-2H3,(H,22,23,24). The van der Waals surface area contributed by atoms with Crippen LogP contribution in [0.25, 0.3) is 11.4 Å². The third-order valence-electron chi connectivity index (χ3n) is 4.14. The molecular weight excluding hydrogens is 372 g/mol. The van der Waals surface area contributed by atoms with E-state index in [-0.39, 0.29) is 5.69 Å². The van der Waals surface area contributed by atoms with E-state index in [0.29, 0.717) is 31.4 Å². The molecule has 2 aromatic carbocycles. The zero-order valence-electron chi connectivity index (χ0n) is 16.3. The maximum Gasteiger partial charge on any atom is 0.269 e. The van der Waals surface area contributed by atoms with E-state index in [2.05, 4.69) is 15.3 Å². The first-order valence-corrected chi connectivity index (χ1v) is 9.10. The summed E-state index contributed by atoms with van der Waals surface area (Å²) in [4.78, 5) is 19.3. The third-order valence-corrected chi connectivity index (χ3v) is 4.14. The number of rotatable bonds is 9. The van der Waals surface area contributed by atoms with E-state index < -0.39 is 4.92 Å². The van der Waals surface area contributed by atoms with Crippen molar-refractivity contribution >= 4 is 11.5 Å². The van der Waals surface area contributed by atoms with Gasteiger partial charge < -0.3 is 14.8 Å². The van der Waals surface area contributed by atoms with Crippen LogP contribution in [-0.2, 0) is 11.3 Å². The zero-order valence-corrected chi connectivity index (χ0v) is 16.3. The Morgan fingerprint density at radius 2 is 1.76 bits per heavy atom. The first kappa shape index (κ1) is 20.2. The molecule has 0 aliphatic heterocycles. The van der Waals surface area contributed by atoms with E-state index in [4.69, 9.17) is 9.47 Å². The molecular formula is C21H22N4O4. The van der Waals surface area contributed by atoms with Gasteiger partial charge in [0.05, 0.1) is 11.5 Å². The van der Waals surface area contributed by atoms with Crippen LogP contribution < -0.4 is 10.1 Å². The minimum atomic E-state index is -0.429. The molecule has 0 fully saturated rings. The van der Waals surface area contributed by atoms with Gasteiger partial charge in [-0.1, -0.05) is 12.1 Å². The lowest BCUT2D eigenvalue weighted by Crippen LogP contribution is -2.05. The largest absolute Gasteiger partial charge is 0.491 e. The van der Waals surface area contributed by atoms with Gasteiger partial charge in [-0.05, 0) is 36.8 Å². The SMILES string of the molecule is COCCOc1ccc(CNc2cc(C)nc(-c3ccc([N+](=O)[O-])cc3)n2)cc1. The molecule has 0 aliphatic carbocycles. The number of hydrogen-bond donors (Lipinski definition) is 1. The number of aromatic nitrogens is 2. The molecule has 3 aromatic rings. The van der Waals surface area contributed by atoms with Gasteiger partial charge in [-0.25, -0.2) is 9.97 Å². The number of nitro benzene ring substituents is 1. The first-order chi connectivity index (χ1) is 14.0. The van der Waals surface area contributed by atoms with E-state index in [1.54, 1.807) is 19.2 Å². The van der Waals surface area contributed by atoms with Crippen molar-refractivity contribution in [2.45, 2.75) is 13.5 Å². The second kappa shape index (κ2) is 9.61. The normalized spacial score (nSPS) is 10.6. The summed E-state index contributed by atoms with van der Waals surface area (Å²) in [6.07, 6.45) is 0. The molecule has 0 spiro atoms. The minimum absolute atomic E-state index is 0.0365. The fraction of sp³-hybridized carbons (Fsp3) is 0.238. The predicted molar refractivity (Wildman–Crippen MR) is 110 cm³/mol. The number of non-ortho nitro benzene ring substituents is 1. The summed E-state index contributed by atoms with van der Waals surface area (Å²) in [6, 6.07) is 15.9. The summed E-state index contributed by atoms with van der Waals surface area (Å²) < 4.78 is 10.5. The highest BCUT2D eigenvalue weighted by molar-refractivity contribution is 5.59. The number of ether oxygens (including phenoxy) is 2. The van der Waals surface area contributed by atoms with Crippen LogP contribution in [0.3, 0.4) is 0 Å². The van der Waals surface area contributed by atoms with Crippen LogP contribution in [0, 0.1) is 17.0 Å². The van der Waals surface area contributed by atoms with E-state index >= 15 is 0 Å². The molecule has 8 nitrogen and oxygen atoms in total. The van der Waals surface area contributed by atoms with Crippen LogP contribution in [0.2, 0.25) is 0 Å². The van der Waals surface area contributed by atoms with Crippen molar-refractivity contribution in [3.05, 3.63) is 76.0 Å². The Balaban J connectivity index is 1.66.